The molecule has 0 amide bonds. The molecule has 0 bridgehead atoms. The lowest BCUT2D eigenvalue weighted by Crippen LogP contribution is -2.24. The number of nitrogens with one attached hydrogen (secondary N) is 1. The summed E-state index contributed by atoms with van der Waals surface area (Å²) >= 11 is 0. The second kappa shape index (κ2) is 6.80. The Balaban J connectivity index is 2.22. The van der Waals surface area contributed by atoms with Crippen LogP contribution in [0.3, 0.4) is 0 Å². The Kier molecular flexibility index (Phi) is 5.04. The first-order valence-corrected chi connectivity index (χ1v) is 8.22. The van der Waals surface area contributed by atoms with Crippen molar-refractivity contribution in [2.24, 2.45) is 0 Å². The predicted octanol–water partition coefficient (Wildman–Crippen LogP) is 1.40. The fourth-order valence-corrected chi connectivity index (χ4v) is 3.10. The highest BCUT2D eigenvalue weighted by Gasteiger charge is 2.20. The Labute approximate surface area is 129 Å². The smallest absolute Gasteiger partial charge is 0.244 e. The average molecular weight is 325 g/mol. The quantitative estimate of drug-likeness (QED) is 0.832. The van der Waals surface area contributed by atoms with E-state index in [9.17, 15) is 8.42 Å². The van der Waals surface area contributed by atoms with E-state index in [4.69, 9.17) is 9.47 Å². The van der Waals surface area contributed by atoms with Gasteiger partial charge in [-0.1, -0.05) is 0 Å². The topological polar surface area (TPSA) is 82.5 Å². The van der Waals surface area contributed by atoms with Crippen molar-refractivity contribution in [3.63, 3.8) is 0 Å². The molecule has 7 nitrogen and oxygen atoms in total. The molecule has 0 radical (unpaired) electrons. The standard InChI is InChI=1S/C14H19N3O4S/c1-4-17-8-7-11(16-17)10-15-22(18,19)14-9-12(20-2)5-6-13(14)21-3/h5-9,15H,4,10H2,1-3H3. The molecule has 8 heteroatoms. The number of hydrogen-bond acceptors (Lipinski definition) is 5. The molecule has 0 aliphatic carbocycles. The zero-order valence-electron chi connectivity index (χ0n) is 12.7. The second-order valence-corrected chi connectivity index (χ2v) is 6.24. The largest absolute Gasteiger partial charge is 0.497 e. The average Bonchev–Trinajstić information content (AvgIpc) is 3.00. The first-order valence-electron chi connectivity index (χ1n) is 6.74. The first-order chi connectivity index (χ1) is 10.5. The minimum absolute atomic E-state index is 0.0317. The molecule has 0 spiro atoms. The fraction of sp³-hybridized carbons (Fsp3) is 0.357. The van der Waals surface area contributed by atoms with Crippen molar-refractivity contribution in [2.75, 3.05) is 14.2 Å². The predicted molar refractivity (Wildman–Crippen MR) is 81.5 cm³/mol. The molecule has 0 saturated carbocycles. The normalized spacial score (nSPS) is 11.4. The summed E-state index contributed by atoms with van der Waals surface area (Å²) in [6.07, 6.45) is 1.80. The number of aromatic nitrogens is 2. The first kappa shape index (κ1) is 16.3. The van der Waals surface area contributed by atoms with Crippen LogP contribution in [0.4, 0.5) is 0 Å². The molecule has 2 aromatic rings. The summed E-state index contributed by atoms with van der Waals surface area (Å²) in [7, 11) is -0.840. The SMILES string of the molecule is CCn1ccc(CNS(=O)(=O)c2cc(OC)ccc2OC)n1. The van der Waals surface area contributed by atoms with Crippen LogP contribution in [0.25, 0.3) is 0 Å². The van der Waals surface area contributed by atoms with Gasteiger partial charge in [-0.15, -0.1) is 0 Å². The van der Waals surface area contributed by atoms with Crippen LogP contribution >= 0.6 is 0 Å². The van der Waals surface area contributed by atoms with E-state index in [-0.39, 0.29) is 17.2 Å². The summed E-state index contributed by atoms with van der Waals surface area (Å²) in [4.78, 5) is 0.0317. The van der Waals surface area contributed by atoms with E-state index in [1.165, 1.54) is 20.3 Å². The number of hydrogen-bond donors (Lipinski definition) is 1. The molecular formula is C14H19N3O4S. The summed E-state index contributed by atoms with van der Waals surface area (Å²) in [5, 5.41) is 4.24. The summed E-state index contributed by atoms with van der Waals surface area (Å²) in [6.45, 7) is 2.80. The maximum atomic E-state index is 12.4. The van der Waals surface area contributed by atoms with E-state index in [1.807, 2.05) is 6.92 Å². The number of sulfonamides is 1. The number of rotatable bonds is 7. The van der Waals surface area contributed by atoms with Crippen LogP contribution < -0.4 is 14.2 Å². The Hall–Kier alpha value is -2.06. The van der Waals surface area contributed by atoms with Crippen LogP contribution in [-0.4, -0.2) is 32.4 Å². The molecule has 1 N–H and O–H groups in total. The van der Waals surface area contributed by atoms with Gasteiger partial charge in [0.05, 0.1) is 26.5 Å². The summed E-state index contributed by atoms with van der Waals surface area (Å²) in [5.41, 5.74) is 0.646. The Morgan fingerprint density at radius 3 is 2.59 bits per heavy atom. The maximum Gasteiger partial charge on any atom is 0.244 e. The Bertz CT molecular complexity index is 740. The summed E-state index contributed by atoms with van der Waals surface area (Å²) in [5.74, 6) is 0.698. The van der Waals surface area contributed by atoms with Gasteiger partial charge in [0, 0.05) is 18.8 Å². The molecule has 0 aliphatic rings. The lowest BCUT2D eigenvalue weighted by Gasteiger charge is -2.11. The monoisotopic (exact) mass is 325 g/mol. The molecule has 1 aromatic heterocycles. The number of methoxy groups -OCH3 is 2. The molecule has 0 unspecified atom stereocenters. The molecule has 2 rings (SSSR count). The van der Waals surface area contributed by atoms with Crippen molar-refractivity contribution in [1.82, 2.24) is 14.5 Å². The van der Waals surface area contributed by atoms with E-state index < -0.39 is 10.0 Å². The molecule has 120 valence electrons. The van der Waals surface area contributed by atoms with Crippen LogP contribution in [0.1, 0.15) is 12.6 Å². The Morgan fingerprint density at radius 1 is 1.23 bits per heavy atom. The Morgan fingerprint density at radius 2 is 2.00 bits per heavy atom. The van der Waals surface area contributed by atoms with Crippen LogP contribution in [0.2, 0.25) is 0 Å². The number of nitrogens with zero attached hydrogens (tertiary/aromatic N) is 2. The molecule has 1 heterocycles. The van der Waals surface area contributed by atoms with E-state index in [1.54, 1.807) is 29.1 Å². The molecule has 0 aliphatic heterocycles. The zero-order chi connectivity index (χ0) is 16.2. The number of aryl methyl sites for hydroxylation is 1. The van der Waals surface area contributed by atoms with Crippen LogP contribution in [0.5, 0.6) is 11.5 Å². The highest BCUT2D eigenvalue weighted by Crippen LogP contribution is 2.28. The highest BCUT2D eigenvalue weighted by molar-refractivity contribution is 7.89. The van der Waals surface area contributed by atoms with Crippen molar-refractivity contribution in [3.05, 3.63) is 36.2 Å². The minimum Gasteiger partial charge on any atom is -0.497 e. The van der Waals surface area contributed by atoms with Gasteiger partial charge < -0.3 is 9.47 Å². The number of ether oxygens (including phenoxy) is 2. The van der Waals surface area contributed by atoms with Gasteiger partial charge in [-0.05, 0) is 25.1 Å². The van der Waals surface area contributed by atoms with Gasteiger partial charge in [-0.25, -0.2) is 13.1 Å². The molecule has 0 saturated heterocycles. The van der Waals surface area contributed by atoms with Crippen molar-refractivity contribution >= 4 is 10.0 Å². The van der Waals surface area contributed by atoms with Crippen molar-refractivity contribution in [2.45, 2.75) is 24.9 Å². The minimum atomic E-state index is -3.74. The third kappa shape index (κ3) is 3.58. The second-order valence-electron chi connectivity index (χ2n) is 4.50. The van der Waals surface area contributed by atoms with Crippen LogP contribution in [-0.2, 0) is 23.1 Å². The van der Waals surface area contributed by atoms with Crippen LogP contribution in [0, 0.1) is 0 Å². The van der Waals surface area contributed by atoms with E-state index in [2.05, 4.69) is 9.82 Å². The van der Waals surface area contributed by atoms with Gasteiger partial charge in [-0.3, -0.25) is 4.68 Å². The highest BCUT2D eigenvalue weighted by atomic mass is 32.2. The molecule has 1 aromatic carbocycles. The third-order valence-corrected chi connectivity index (χ3v) is 4.55. The lowest BCUT2D eigenvalue weighted by molar-refractivity contribution is 0.392. The van der Waals surface area contributed by atoms with Crippen LogP contribution in [0.15, 0.2) is 35.4 Å². The lowest BCUT2D eigenvalue weighted by atomic mass is 10.3. The van der Waals surface area contributed by atoms with E-state index in [0.29, 0.717) is 11.4 Å². The summed E-state index contributed by atoms with van der Waals surface area (Å²) < 4.78 is 39.3. The van der Waals surface area contributed by atoms with Gasteiger partial charge in [0.25, 0.3) is 0 Å². The van der Waals surface area contributed by atoms with Gasteiger partial charge >= 0.3 is 0 Å². The van der Waals surface area contributed by atoms with E-state index in [0.717, 1.165) is 6.54 Å². The van der Waals surface area contributed by atoms with Crippen molar-refractivity contribution < 1.29 is 17.9 Å². The van der Waals surface area contributed by atoms with Crippen molar-refractivity contribution in [3.8, 4) is 11.5 Å². The molecule has 22 heavy (non-hydrogen) atoms. The van der Waals surface area contributed by atoms with Gasteiger partial charge in [0.1, 0.15) is 16.4 Å². The molecule has 0 atom stereocenters. The van der Waals surface area contributed by atoms with Gasteiger partial charge in [0.15, 0.2) is 0 Å². The zero-order valence-corrected chi connectivity index (χ0v) is 13.6. The van der Waals surface area contributed by atoms with Gasteiger partial charge in [-0.2, -0.15) is 5.10 Å². The summed E-state index contributed by atoms with van der Waals surface area (Å²) in [6, 6.07) is 6.39. The third-order valence-electron chi connectivity index (χ3n) is 3.12. The van der Waals surface area contributed by atoms with E-state index >= 15 is 0 Å². The molecule has 0 fully saturated rings. The van der Waals surface area contributed by atoms with Gasteiger partial charge in [0.2, 0.25) is 10.0 Å². The number of benzene rings is 1. The van der Waals surface area contributed by atoms with Crippen molar-refractivity contribution in [1.29, 1.82) is 0 Å². The fourth-order valence-electron chi connectivity index (χ4n) is 1.91. The molecular weight excluding hydrogens is 306 g/mol. The maximum absolute atomic E-state index is 12.4.